The summed E-state index contributed by atoms with van der Waals surface area (Å²) in [5.74, 6) is 0. The van der Waals surface area contributed by atoms with Crippen LogP contribution in [-0.4, -0.2) is 25.8 Å². The van der Waals surface area contributed by atoms with Crippen molar-refractivity contribution in [1.29, 1.82) is 0 Å². The van der Waals surface area contributed by atoms with E-state index < -0.39 is 10.0 Å². The van der Waals surface area contributed by atoms with Gasteiger partial charge in [0.15, 0.2) is 0 Å². The second-order valence-electron chi connectivity index (χ2n) is 3.71. The van der Waals surface area contributed by atoms with Gasteiger partial charge >= 0.3 is 0 Å². The Morgan fingerprint density at radius 1 is 1.29 bits per heavy atom. The average molecular weight is 277 g/mol. The van der Waals surface area contributed by atoms with Crippen LogP contribution in [0.4, 0.5) is 5.69 Å². The lowest BCUT2D eigenvalue weighted by atomic mass is 10.2. The topological polar surface area (TPSA) is 63.4 Å². The first-order valence-electron chi connectivity index (χ1n) is 5.40. The van der Waals surface area contributed by atoms with Gasteiger partial charge in [0.25, 0.3) is 0 Å². The van der Waals surface area contributed by atoms with E-state index in [1.165, 1.54) is 16.4 Å². The number of anilines is 1. The molecule has 0 unspecified atom stereocenters. The van der Waals surface area contributed by atoms with Crippen LogP contribution in [0.15, 0.2) is 17.0 Å². The summed E-state index contributed by atoms with van der Waals surface area (Å²) in [5, 5.41) is 0.371. The van der Waals surface area contributed by atoms with Gasteiger partial charge in [0.05, 0.1) is 4.90 Å². The maximum atomic E-state index is 12.2. The molecule has 0 aliphatic carbocycles. The number of nitrogens with zero attached hydrogens (tertiary/aromatic N) is 1. The molecule has 1 aromatic rings. The van der Waals surface area contributed by atoms with Gasteiger partial charge in [-0.2, -0.15) is 4.31 Å². The minimum absolute atomic E-state index is 0.148. The monoisotopic (exact) mass is 276 g/mol. The molecule has 0 atom stereocenters. The molecule has 1 aromatic carbocycles. The van der Waals surface area contributed by atoms with Gasteiger partial charge < -0.3 is 5.73 Å². The summed E-state index contributed by atoms with van der Waals surface area (Å²) in [4.78, 5) is 0.148. The Labute approximate surface area is 107 Å². The Kier molecular flexibility index (Phi) is 4.41. The zero-order valence-electron chi connectivity index (χ0n) is 10.2. The number of hydrogen-bond donors (Lipinski definition) is 1. The highest BCUT2D eigenvalue weighted by Crippen LogP contribution is 2.27. The van der Waals surface area contributed by atoms with Crippen LogP contribution in [0.25, 0.3) is 0 Å². The first-order valence-corrected chi connectivity index (χ1v) is 7.22. The fourth-order valence-electron chi connectivity index (χ4n) is 1.54. The molecule has 6 heteroatoms. The Hall–Kier alpha value is -0.780. The SMILES string of the molecule is CCN(CC)S(=O)(=O)c1cc(N)c(C)c(Cl)c1. The number of halogens is 1. The lowest BCUT2D eigenvalue weighted by Crippen LogP contribution is -2.30. The molecule has 0 saturated carbocycles. The molecule has 0 aromatic heterocycles. The smallest absolute Gasteiger partial charge is 0.243 e. The lowest BCUT2D eigenvalue weighted by molar-refractivity contribution is 0.445. The summed E-state index contributed by atoms with van der Waals surface area (Å²) >= 11 is 5.95. The van der Waals surface area contributed by atoms with E-state index in [0.29, 0.717) is 29.4 Å². The van der Waals surface area contributed by atoms with Crippen molar-refractivity contribution in [3.8, 4) is 0 Å². The molecule has 4 nitrogen and oxygen atoms in total. The van der Waals surface area contributed by atoms with Crippen LogP contribution >= 0.6 is 11.6 Å². The van der Waals surface area contributed by atoms with Crippen molar-refractivity contribution in [1.82, 2.24) is 4.31 Å². The predicted molar refractivity (Wildman–Crippen MR) is 70.7 cm³/mol. The number of benzene rings is 1. The second-order valence-corrected chi connectivity index (χ2v) is 6.05. The van der Waals surface area contributed by atoms with Crippen molar-refractivity contribution >= 4 is 27.3 Å². The van der Waals surface area contributed by atoms with Crippen LogP contribution in [0.1, 0.15) is 19.4 Å². The normalized spacial score (nSPS) is 12.1. The fourth-order valence-corrected chi connectivity index (χ4v) is 3.35. The van der Waals surface area contributed by atoms with Gasteiger partial charge in [-0.15, -0.1) is 0 Å². The van der Waals surface area contributed by atoms with Gasteiger partial charge in [0.1, 0.15) is 0 Å². The summed E-state index contributed by atoms with van der Waals surface area (Å²) in [6.07, 6.45) is 0. The van der Waals surface area contributed by atoms with Gasteiger partial charge in [0.2, 0.25) is 10.0 Å². The van der Waals surface area contributed by atoms with E-state index in [0.717, 1.165) is 0 Å². The lowest BCUT2D eigenvalue weighted by Gasteiger charge is -2.19. The van der Waals surface area contributed by atoms with E-state index in [2.05, 4.69) is 0 Å². The molecular weight excluding hydrogens is 260 g/mol. The highest BCUT2D eigenvalue weighted by molar-refractivity contribution is 7.89. The zero-order valence-corrected chi connectivity index (χ0v) is 11.8. The van der Waals surface area contributed by atoms with Crippen LogP contribution in [0.2, 0.25) is 5.02 Å². The summed E-state index contributed by atoms with van der Waals surface area (Å²) < 4.78 is 25.8. The molecule has 0 aliphatic rings. The number of nitrogens with two attached hydrogens (primary N) is 1. The number of nitrogen functional groups attached to an aromatic ring is 1. The molecule has 0 fully saturated rings. The highest BCUT2D eigenvalue weighted by atomic mass is 35.5. The van der Waals surface area contributed by atoms with E-state index in [1.54, 1.807) is 20.8 Å². The van der Waals surface area contributed by atoms with E-state index >= 15 is 0 Å². The molecule has 0 bridgehead atoms. The zero-order chi connectivity index (χ0) is 13.2. The first-order chi connectivity index (χ1) is 7.84. The van der Waals surface area contributed by atoms with E-state index in [9.17, 15) is 8.42 Å². The third-order valence-electron chi connectivity index (χ3n) is 2.70. The van der Waals surface area contributed by atoms with Crippen LogP contribution in [0.5, 0.6) is 0 Å². The molecule has 0 spiro atoms. The molecule has 96 valence electrons. The Balaban J connectivity index is 3.34. The van der Waals surface area contributed by atoms with Gasteiger partial charge in [-0.1, -0.05) is 25.4 Å². The van der Waals surface area contributed by atoms with Crippen molar-refractivity contribution in [2.75, 3.05) is 18.8 Å². The van der Waals surface area contributed by atoms with Crippen molar-refractivity contribution in [2.45, 2.75) is 25.7 Å². The van der Waals surface area contributed by atoms with Gasteiger partial charge in [0, 0.05) is 23.8 Å². The Morgan fingerprint density at radius 2 is 1.82 bits per heavy atom. The van der Waals surface area contributed by atoms with Crippen LogP contribution in [-0.2, 0) is 10.0 Å². The number of hydrogen-bond acceptors (Lipinski definition) is 3. The van der Waals surface area contributed by atoms with E-state index in [4.69, 9.17) is 17.3 Å². The molecule has 1 rings (SSSR count). The van der Waals surface area contributed by atoms with E-state index in [1.807, 2.05) is 0 Å². The maximum Gasteiger partial charge on any atom is 0.243 e. The average Bonchev–Trinajstić information content (AvgIpc) is 2.26. The van der Waals surface area contributed by atoms with Gasteiger partial charge in [-0.05, 0) is 24.6 Å². The largest absolute Gasteiger partial charge is 0.398 e. The molecule has 0 saturated heterocycles. The second kappa shape index (κ2) is 5.25. The quantitative estimate of drug-likeness (QED) is 0.858. The molecule has 0 amide bonds. The Bertz CT molecular complexity index is 487. The van der Waals surface area contributed by atoms with Crippen LogP contribution in [0, 0.1) is 6.92 Å². The van der Waals surface area contributed by atoms with E-state index in [-0.39, 0.29) is 4.90 Å². The van der Waals surface area contributed by atoms with Crippen LogP contribution < -0.4 is 5.73 Å². The maximum absolute atomic E-state index is 12.2. The number of sulfonamides is 1. The Morgan fingerprint density at radius 3 is 2.24 bits per heavy atom. The molecular formula is C11H17ClN2O2S. The minimum atomic E-state index is -3.49. The third kappa shape index (κ3) is 2.73. The van der Waals surface area contributed by atoms with Crippen molar-refractivity contribution in [2.24, 2.45) is 0 Å². The summed E-state index contributed by atoms with van der Waals surface area (Å²) in [6.45, 7) is 6.18. The van der Waals surface area contributed by atoms with Crippen molar-refractivity contribution in [3.05, 3.63) is 22.7 Å². The van der Waals surface area contributed by atoms with Crippen molar-refractivity contribution < 1.29 is 8.42 Å². The molecule has 0 aliphatic heterocycles. The molecule has 17 heavy (non-hydrogen) atoms. The summed E-state index contributed by atoms with van der Waals surface area (Å²) in [7, 11) is -3.49. The highest BCUT2D eigenvalue weighted by Gasteiger charge is 2.22. The molecule has 2 N–H and O–H groups in total. The van der Waals surface area contributed by atoms with Gasteiger partial charge in [-0.25, -0.2) is 8.42 Å². The third-order valence-corrected chi connectivity index (χ3v) is 5.12. The van der Waals surface area contributed by atoms with Gasteiger partial charge in [-0.3, -0.25) is 0 Å². The first kappa shape index (κ1) is 14.3. The summed E-state index contributed by atoms with van der Waals surface area (Å²) in [6, 6.07) is 2.90. The van der Waals surface area contributed by atoms with Crippen LogP contribution in [0.3, 0.4) is 0 Å². The fraction of sp³-hybridized carbons (Fsp3) is 0.455. The molecule has 0 heterocycles. The minimum Gasteiger partial charge on any atom is -0.398 e. The standard InChI is InChI=1S/C11H17ClN2O2S/c1-4-14(5-2)17(15,16)9-6-10(12)8(3)11(13)7-9/h6-7H,4-5,13H2,1-3H3. The van der Waals surface area contributed by atoms with Crippen molar-refractivity contribution in [3.63, 3.8) is 0 Å². The molecule has 0 radical (unpaired) electrons. The predicted octanol–water partition coefficient (Wildman–Crippen LogP) is 2.26. The summed E-state index contributed by atoms with van der Waals surface area (Å²) in [5.41, 5.74) is 6.82. The number of rotatable bonds is 4.